The molecular formula is C23H18F2N4O3. The number of halogens is 2. The maximum atomic E-state index is 12.5. The normalized spacial score (nSPS) is 17.8. The number of anilines is 1. The molecule has 32 heavy (non-hydrogen) atoms. The van der Waals surface area contributed by atoms with E-state index in [-0.39, 0.29) is 5.75 Å². The number of ether oxygens (including phenoxy) is 2. The predicted octanol–water partition coefficient (Wildman–Crippen LogP) is 5.02. The molecule has 2 aliphatic rings. The molecule has 0 fully saturated rings. The van der Waals surface area contributed by atoms with E-state index in [1.807, 2.05) is 42.3 Å². The van der Waals surface area contributed by atoms with Gasteiger partial charge in [-0.2, -0.15) is 8.78 Å². The second kappa shape index (κ2) is 8.35. The molecular weight excluding hydrogens is 418 g/mol. The van der Waals surface area contributed by atoms with Gasteiger partial charge >= 0.3 is 6.61 Å². The fourth-order valence-corrected chi connectivity index (χ4v) is 3.53. The van der Waals surface area contributed by atoms with Gasteiger partial charge in [0.05, 0.1) is 0 Å². The SMILES string of the molecule is CCOC1N=CC2=CC(c3ccc4ncoc4c3)=CN(c3ccc(OC(F)F)cc3)C2=N1. The largest absolute Gasteiger partial charge is 0.443 e. The summed E-state index contributed by atoms with van der Waals surface area (Å²) in [6.07, 6.45) is 6.39. The summed E-state index contributed by atoms with van der Waals surface area (Å²) in [5.41, 5.74) is 4.78. The van der Waals surface area contributed by atoms with Gasteiger partial charge in [0.15, 0.2) is 12.0 Å². The third kappa shape index (κ3) is 3.90. The fraction of sp³-hybridized carbons (Fsp3) is 0.174. The van der Waals surface area contributed by atoms with Crippen LogP contribution in [0.3, 0.4) is 0 Å². The third-order valence-corrected chi connectivity index (χ3v) is 4.96. The van der Waals surface area contributed by atoms with Crippen LogP contribution in [-0.4, -0.2) is 36.6 Å². The molecule has 0 amide bonds. The first-order valence-electron chi connectivity index (χ1n) is 9.95. The molecule has 0 aliphatic carbocycles. The number of alkyl halides is 2. The van der Waals surface area contributed by atoms with Crippen LogP contribution in [0.2, 0.25) is 0 Å². The zero-order chi connectivity index (χ0) is 22.1. The summed E-state index contributed by atoms with van der Waals surface area (Å²) in [5.74, 6) is 0.723. The average molecular weight is 436 g/mol. The molecule has 1 unspecified atom stereocenters. The Labute approximate surface area is 182 Å². The molecule has 0 saturated heterocycles. The number of oxazole rings is 1. The lowest BCUT2D eigenvalue weighted by molar-refractivity contribution is -0.0498. The Morgan fingerprint density at radius 3 is 2.75 bits per heavy atom. The zero-order valence-corrected chi connectivity index (χ0v) is 17.0. The quantitative estimate of drug-likeness (QED) is 0.543. The Kier molecular flexibility index (Phi) is 5.24. The minimum atomic E-state index is -2.88. The number of aliphatic imine (C=N–C) groups is 2. The van der Waals surface area contributed by atoms with Gasteiger partial charge < -0.3 is 18.8 Å². The third-order valence-electron chi connectivity index (χ3n) is 4.96. The van der Waals surface area contributed by atoms with E-state index in [1.54, 1.807) is 18.3 Å². The highest BCUT2D eigenvalue weighted by Crippen LogP contribution is 2.32. The molecule has 0 saturated carbocycles. The van der Waals surface area contributed by atoms with Crippen molar-refractivity contribution in [1.82, 2.24) is 4.98 Å². The van der Waals surface area contributed by atoms with Crippen molar-refractivity contribution in [3.63, 3.8) is 0 Å². The van der Waals surface area contributed by atoms with Gasteiger partial charge in [-0.15, -0.1) is 0 Å². The maximum absolute atomic E-state index is 12.5. The van der Waals surface area contributed by atoms with Gasteiger partial charge in [0.1, 0.15) is 17.1 Å². The molecule has 2 aromatic carbocycles. The molecule has 0 radical (unpaired) electrons. The lowest BCUT2D eigenvalue weighted by Crippen LogP contribution is -2.34. The number of rotatable bonds is 6. The first-order valence-corrected chi connectivity index (χ1v) is 9.95. The number of benzene rings is 2. The van der Waals surface area contributed by atoms with Gasteiger partial charge in [-0.1, -0.05) is 6.07 Å². The van der Waals surface area contributed by atoms with E-state index >= 15 is 0 Å². The van der Waals surface area contributed by atoms with Crippen LogP contribution in [0.1, 0.15) is 12.5 Å². The second-order valence-corrected chi connectivity index (χ2v) is 6.97. The molecule has 5 rings (SSSR count). The molecule has 162 valence electrons. The monoisotopic (exact) mass is 436 g/mol. The summed E-state index contributed by atoms with van der Waals surface area (Å²) < 4.78 is 40.5. The highest BCUT2D eigenvalue weighted by Gasteiger charge is 2.26. The van der Waals surface area contributed by atoms with E-state index in [0.717, 1.165) is 27.9 Å². The van der Waals surface area contributed by atoms with Gasteiger partial charge in [-0.3, -0.25) is 0 Å². The van der Waals surface area contributed by atoms with Crippen molar-refractivity contribution in [2.75, 3.05) is 11.5 Å². The molecule has 0 spiro atoms. The number of allylic oxidation sites excluding steroid dienone is 2. The van der Waals surface area contributed by atoms with Crippen LogP contribution < -0.4 is 9.64 Å². The Bertz CT molecular complexity index is 1260. The van der Waals surface area contributed by atoms with Crippen molar-refractivity contribution in [3.05, 3.63) is 72.3 Å². The number of fused-ring (bicyclic) bond motifs is 2. The Morgan fingerprint density at radius 2 is 1.97 bits per heavy atom. The maximum Gasteiger partial charge on any atom is 0.387 e. The minimum absolute atomic E-state index is 0.0795. The van der Waals surface area contributed by atoms with E-state index in [9.17, 15) is 8.78 Å². The molecule has 1 aromatic heterocycles. The van der Waals surface area contributed by atoms with Crippen molar-refractivity contribution >= 4 is 34.4 Å². The summed E-state index contributed by atoms with van der Waals surface area (Å²) in [5, 5.41) is 0. The number of aromatic nitrogens is 1. The molecule has 3 heterocycles. The molecule has 0 N–H and O–H groups in total. The first kappa shape index (κ1) is 20.1. The van der Waals surface area contributed by atoms with Crippen LogP contribution in [0.4, 0.5) is 14.5 Å². The summed E-state index contributed by atoms with van der Waals surface area (Å²) >= 11 is 0. The smallest absolute Gasteiger partial charge is 0.387 e. The molecule has 1 atom stereocenters. The van der Waals surface area contributed by atoms with Crippen molar-refractivity contribution in [2.45, 2.75) is 19.9 Å². The van der Waals surface area contributed by atoms with Crippen LogP contribution in [0.5, 0.6) is 5.75 Å². The highest BCUT2D eigenvalue weighted by atomic mass is 19.3. The van der Waals surface area contributed by atoms with E-state index in [4.69, 9.17) is 9.15 Å². The number of amidine groups is 1. The van der Waals surface area contributed by atoms with Gasteiger partial charge in [-0.25, -0.2) is 15.0 Å². The molecule has 0 bridgehead atoms. The van der Waals surface area contributed by atoms with Crippen LogP contribution in [0.25, 0.3) is 16.7 Å². The second-order valence-electron chi connectivity index (χ2n) is 6.97. The summed E-state index contributed by atoms with van der Waals surface area (Å²) in [6.45, 7) is -0.539. The van der Waals surface area contributed by atoms with Crippen LogP contribution >= 0.6 is 0 Å². The van der Waals surface area contributed by atoms with Crippen molar-refractivity contribution in [1.29, 1.82) is 0 Å². The van der Waals surface area contributed by atoms with E-state index in [2.05, 4.69) is 19.7 Å². The lowest BCUT2D eigenvalue weighted by Gasteiger charge is -2.30. The van der Waals surface area contributed by atoms with E-state index < -0.39 is 13.0 Å². The van der Waals surface area contributed by atoms with Gasteiger partial charge in [-0.05, 0) is 60.5 Å². The van der Waals surface area contributed by atoms with Crippen LogP contribution in [-0.2, 0) is 4.74 Å². The first-order chi connectivity index (χ1) is 15.6. The Morgan fingerprint density at radius 1 is 1.12 bits per heavy atom. The van der Waals surface area contributed by atoms with Crippen molar-refractivity contribution in [2.24, 2.45) is 9.98 Å². The van der Waals surface area contributed by atoms with Crippen LogP contribution in [0.15, 0.2) is 81.1 Å². The number of hydrogen-bond donors (Lipinski definition) is 0. The van der Waals surface area contributed by atoms with Crippen molar-refractivity contribution < 1.29 is 22.7 Å². The van der Waals surface area contributed by atoms with Crippen molar-refractivity contribution in [3.8, 4) is 5.75 Å². The van der Waals surface area contributed by atoms with Crippen LogP contribution in [0, 0.1) is 0 Å². The molecule has 9 heteroatoms. The summed E-state index contributed by atoms with van der Waals surface area (Å²) in [7, 11) is 0. The predicted molar refractivity (Wildman–Crippen MR) is 117 cm³/mol. The van der Waals surface area contributed by atoms with Gasteiger partial charge in [0.25, 0.3) is 0 Å². The average Bonchev–Trinajstić information content (AvgIpc) is 3.27. The van der Waals surface area contributed by atoms with Gasteiger partial charge in [0, 0.05) is 30.3 Å². The summed E-state index contributed by atoms with van der Waals surface area (Å²) in [4.78, 5) is 15.0. The number of hydrogen-bond acceptors (Lipinski definition) is 7. The standard InChI is InChI=1S/C23H18F2N4O3/c1-2-30-23-26-11-15-9-16(14-3-8-19-20(10-14)31-13-27-19)12-29(21(15)28-23)17-4-6-18(7-5-17)32-22(24)25/h3-13,22-23H,2H2,1H3. The minimum Gasteiger partial charge on any atom is -0.443 e. The lowest BCUT2D eigenvalue weighted by atomic mass is 9.99. The Hall–Kier alpha value is -3.85. The Balaban J connectivity index is 1.56. The zero-order valence-electron chi connectivity index (χ0n) is 17.0. The molecule has 3 aromatic rings. The van der Waals surface area contributed by atoms with E-state index in [0.29, 0.717) is 18.0 Å². The van der Waals surface area contributed by atoms with Gasteiger partial charge in [0.2, 0.25) is 6.35 Å². The fourth-order valence-electron chi connectivity index (χ4n) is 3.53. The molecule has 2 aliphatic heterocycles. The highest BCUT2D eigenvalue weighted by molar-refractivity contribution is 6.26. The topological polar surface area (TPSA) is 72.5 Å². The summed E-state index contributed by atoms with van der Waals surface area (Å²) in [6, 6.07) is 12.1. The molecule has 7 nitrogen and oxygen atoms in total. The number of nitrogens with zero attached hydrogens (tertiary/aromatic N) is 4. The van der Waals surface area contributed by atoms with E-state index in [1.165, 1.54) is 18.5 Å².